The van der Waals surface area contributed by atoms with Crippen LogP contribution >= 0.6 is 0 Å². The summed E-state index contributed by atoms with van der Waals surface area (Å²) in [6.07, 6.45) is -0.0308. The Morgan fingerprint density at radius 3 is 2.95 bits per heavy atom. The third-order valence-electron chi connectivity index (χ3n) is 3.56. The second-order valence-electron chi connectivity index (χ2n) is 4.74. The van der Waals surface area contributed by atoms with Crippen LogP contribution in [0.25, 0.3) is 0 Å². The van der Waals surface area contributed by atoms with E-state index >= 15 is 0 Å². The van der Waals surface area contributed by atoms with Gasteiger partial charge in [-0.05, 0) is 6.07 Å². The number of hydrogen-bond acceptors (Lipinski definition) is 5. The van der Waals surface area contributed by atoms with Gasteiger partial charge in [0.25, 0.3) is 5.91 Å². The van der Waals surface area contributed by atoms with E-state index in [1.807, 2.05) is 24.3 Å². The van der Waals surface area contributed by atoms with Crippen molar-refractivity contribution in [3.8, 4) is 0 Å². The molecule has 6 nitrogen and oxygen atoms in total. The van der Waals surface area contributed by atoms with Gasteiger partial charge in [0, 0.05) is 18.5 Å². The molecular formula is C14H16N2O4. The van der Waals surface area contributed by atoms with E-state index in [0.29, 0.717) is 38.5 Å². The minimum Gasteiger partial charge on any atom is -0.411 e. The van der Waals surface area contributed by atoms with Gasteiger partial charge in [0.1, 0.15) is 0 Å². The highest BCUT2D eigenvalue weighted by molar-refractivity contribution is 6.11. The van der Waals surface area contributed by atoms with Gasteiger partial charge < -0.3 is 19.6 Å². The number of para-hydroxylation sites is 1. The lowest BCUT2D eigenvalue weighted by atomic mass is 9.99. The van der Waals surface area contributed by atoms with Crippen molar-refractivity contribution in [2.45, 2.75) is 12.5 Å². The average Bonchev–Trinajstić information content (AvgIpc) is 2.54. The summed E-state index contributed by atoms with van der Waals surface area (Å²) in [5.41, 5.74) is 2.14. The zero-order chi connectivity index (χ0) is 13.9. The molecule has 0 spiro atoms. The molecule has 0 bridgehead atoms. The maximum Gasteiger partial charge on any atom is 0.258 e. The first-order valence-electron chi connectivity index (χ1n) is 6.62. The Bertz CT molecular complexity index is 538. The molecule has 1 aromatic rings. The van der Waals surface area contributed by atoms with Crippen molar-refractivity contribution in [2.24, 2.45) is 5.16 Å². The Labute approximate surface area is 116 Å². The summed E-state index contributed by atoms with van der Waals surface area (Å²) in [6.45, 7) is 1.74. The van der Waals surface area contributed by atoms with Gasteiger partial charge in [0.2, 0.25) is 0 Å². The van der Waals surface area contributed by atoms with Crippen LogP contribution in [-0.4, -0.2) is 49.3 Å². The number of amides is 1. The van der Waals surface area contributed by atoms with Crippen LogP contribution in [0.2, 0.25) is 0 Å². The van der Waals surface area contributed by atoms with E-state index in [9.17, 15) is 4.79 Å². The van der Waals surface area contributed by atoms with Crippen LogP contribution in [0.3, 0.4) is 0 Å². The first-order chi connectivity index (χ1) is 9.81. The summed E-state index contributed by atoms with van der Waals surface area (Å²) in [4.78, 5) is 14.2. The third-order valence-corrected chi connectivity index (χ3v) is 3.56. The maximum absolute atomic E-state index is 12.5. The van der Waals surface area contributed by atoms with Crippen LogP contribution in [0.5, 0.6) is 0 Å². The fraction of sp³-hybridized carbons (Fsp3) is 0.429. The third kappa shape index (κ3) is 2.28. The zero-order valence-corrected chi connectivity index (χ0v) is 11.0. The van der Waals surface area contributed by atoms with Gasteiger partial charge in [-0.3, -0.25) is 4.79 Å². The van der Waals surface area contributed by atoms with Crippen molar-refractivity contribution >= 4 is 17.3 Å². The highest BCUT2D eigenvalue weighted by Crippen LogP contribution is 2.28. The maximum atomic E-state index is 12.5. The SMILES string of the molecule is O=C(C1COCCO1)N1CCC(=NO)c2ccccc21. The molecule has 2 aliphatic rings. The molecule has 0 aromatic heterocycles. The lowest BCUT2D eigenvalue weighted by molar-refractivity contribution is -0.144. The lowest BCUT2D eigenvalue weighted by Gasteiger charge is -2.33. The van der Waals surface area contributed by atoms with Gasteiger partial charge in [0.05, 0.1) is 31.2 Å². The van der Waals surface area contributed by atoms with Crippen LogP contribution in [0.15, 0.2) is 29.4 Å². The molecular weight excluding hydrogens is 260 g/mol. The van der Waals surface area contributed by atoms with Crippen LogP contribution < -0.4 is 4.90 Å². The Morgan fingerprint density at radius 2 is 2.20 bits per heavy atom. The smallest absolute Gasteiger partial charge is 0.258 e. The minimum absolute atomic E-state index is 0.103. The zero-order valence-electron chi connectivity index (χ0n) is 11.0. The summed E-state index contributed by atoms with van der Waals surface area (Å²) >= 11 is 0. The van der Waals surface area contributed by atoms with Gasteiger partial charge in [0.15, 0.2) is 6.10 Å². The number of benzene rings is 1. The number of oxime groups is 1. The minimum atomic E-state index is -0.551. The Kier molecular flexibility index (Phi) is 3.66. The fourth-order valence-electron chi connectivity index (χ4n) is 2.56. The molecule has 0 radical (unpaired) electrons. The quantitative estimate of drug-likeness (QED) is 0.614. The van der Waals surface area contributed by atoms with Crippen LogP contribution in [0, 0.1) is 0 Å². The Morgan fingerprint density at radius 1 is 1.35 bits per heavy atom. The molecule has 2 aliphatic heterocycles. The standard InChI is InChI=1S/C14H16N2O4/c17-14(13-9-19-7-8-20-13)16-6-5-11(15-18)10-3-1-2-4-12(10)16/h1-4,13,18H,5-9H2. The molecule has 3 rings (SSSR count). The molecule has 0 aliphatic carbocycles. The molecule has 1 atom stereocenters. The molecule has 1 fully saturated rings. The van der Waals surface area contributed by atoms with Gasteiger partial charge in [-0.1, -0.05) is 23.4 Å². The molecule has 2 heterocycles. The van der Waals surface area contributed by atoms with E-state index in [0.717, 1.165) is 11.3 Å². The first kappa shape index (κ1) is 13.1. The molecule has 1 unspecified atom stereocenters. The van der Waals surface area contributed by atoms with Crippen LogP contribution in [0.1, 0.15) is 12.0 Å². The highest BCUT2D eigenvalue weighted by atomic mass is 16.6. The van der Waals surface area contributed by atoms with Crippen LogP contribution in [-0.2, 0) is 14.3 Å². The first-order valence-corrected chi connectivity index (χ1v) is 6.62. The van der Waals surface area contributed by atoms with E-state index in [4.69, 9.17) is 14.7 Å². The van der Waals surface area contributed by atoms with E-state index in [-0.39, 0.29) is 5.91 Å². The number of carbonyl (C=O) groups is 1. The van der Waals surface area contributed by atoms with Crippen molar-refractivity contribution in [1.29, 1.82) is 0 Å². The summed E-state index contributed by atoms with van der Waals surface area (Å²) in [6, 6.07) is 7.42. The summed E-state index contributed by atoms with van der Waals surface area (Å²) in [5, 5.41) is 12.4. The molecule has 1 aromatic carbocycles. The molecule has 1 amide bonds. The van der Waals surface area contributed by atoms with Gasteiger partial charge >= 0.3 is 0 Å². The number of nitrogens with zero attached hydrogens (tertiary/aromatic N) is 2. The number of rotatable bonds is 1. The summed E-state index contributed by atoms with van der Waals surface area (Å²) in [7, 11) is 0. The number of fused-ring (bicyclic) bond motifs is 1. The van der Waals surface area contributed by atoms with Crippen molar-refractivity contribution in [3.05, 3.63) is 29.8 Å². The topological polar surface area (TPSA) is 71.4 Å². The fourth-order valence-corrected chi connectivity index (χ4v) is 2.56. The largest absolute Gasteiger partial charge is 0.411 e. The monoisotopic (exact) mass is 276 g/mol. The molecule has 0 saturated carbocycles. The number of anilines is 1. The molecule has 20 heavy (non-hydrogen) atoms. The number of hydrogen-bond donors (Lipinski definition) is 1. The van der Waals surface area contributed by atoms with Crippen molar-refractivity contribution in [3.63, 3.8) is 0 Å². The van der Waals surface area contributed by atoms with E-state index in [1.165, 1.54) is 0 Å². The molecule has 106 valence electrons. The summed E-state index contributed by atoms with van der Waals surface area (Å²) in [5.74, 6) is -0.103. The Hall–Kier alpha value is -1.92. The van der Waals surface area contributed by atoms with E-state index in [2.05, 4.69) is 5.16 Å². The molecule has 6 heteroatoms. The van der Waals surface area contributed by atoms with E-state index < -0.39 is 6.10 Å². The second-order valence-corrected chi connectivity index (χ2v) is 4.74. The predicted molar refractivity (Wildman–Crippen MR) is 72.3 cm³/mol. The normalized spacial score (nSPS) is 24.5. The summed E-state index contributed by atoms with van der Waals surface area (Å²) < 4.78 is 10.8. The second kappa shape index (κ2) is 5.60. The molecule has 1 saturated heterocycles. The average molecular weight is 276 g/mol. The van der Waals surface area contributed by atoms with Gasteiger partial charge in [-0.15, -0.1) is 0 Å². The lowest BCUT2D eigenvalue weighted by Crippen LogP contribution is -2.48. The van der Waals surface area contributed by atoms with E-state index in [1.54, 1.807) is 4.90 Å². The predicted octanol–water partition coefficient (Wildman–Crippen LogP) is 1.02. The van der Waals surface area contributed by atoms with Gasteiger partial charge in [-0.2, -0.15) is 0 Å². The van der Waals surface area contributed by atoms with Crippen molar-refractivity contribution < 1.29 is 19.5 Å². The van der Waals surface area contributed by atoms with Crippen molar-refractivity contribution in [2.75, 3.05) is 31.3 Å². The number of carbonyl (C=O) groups excluding carboxylic acids is 1. The molecule has 1 N–H and O–H groups in total. The number of ether oxygens (including phenoxy) is 2. The van der Waals surface area contributed by atoms with Crippen LogP contribution in [0.4, 0.5) is 5.69 Å². The Balaban J connectivity index is 1.89. The van der Waals surface area contributed by atoms with Gasteiger partial charge in [-0.25, -0.2) is 0 Å². The van der Waals surface area contributed by atoms with Crippen molar-refractivity contribution in [1.82, 2.24) is 0 Å². The highest BCUT2D eigenvalue weighted by Gasteiger charge is 2.32.